The van der Waals surface area contributed by atoms with Crippen LogP contribution in [0.5, 0.6) is 0 Å². The summed E-state index contributed by atoms with van der Waals surface area (Å²) in [7, 11) is 0. The molecule has 0 saturated carbocycles. The van der Waals surface area contributed by atoms with Gasteiger partial charge in [0.25, 0.3) is 0 Å². The van der Waals surface area contributed by atoms with Gasteiger partial charge >= 0.3 is 17.8 Å². The molecule has 0 spiro atoms. The van der Waals surface area contributed by atoms with Gasteiger partial charge in [0.1, 0.15) is 6.54 Å². The lowest BCUT2D eigenvalue weighted by Gasteiger charge is -2.12. The quantitative estimate of drug-likeness (QED) is 0.346. The lowest BCUT2D eigenvalue weighted by molar-refractivity contribution is -0.150. The number of nitrogens with zero attached hydrogens (tertiary/aromatic N) is 1. The number of ether oxygens (including phenoxy) is 2. The van der Waals surface area contributed by atoms with Crippen LogP contribution in [0, 0.1) is 0 Å². The molecule has 179 valence electrons. The van der Waals surface area contributed by atoms with Crippen LogP contribution in [-0.4, -0.2) is 56.1 Å². The molecule has 0 bridgehead atoms. The maximum atomic E-state index is 12.6. The number of nitrogens with one attached hydrogen (secondary N) is 1. The van der Waals surface area contributed by atoms with E-state index in [1.807, 2.05) is 0 Å². The van der Waals surface area contributed by atoms with Crippen molar-refractivity contribution in [1.29, 1.82) is 0 Å². The Balaban J connectivity index is 1.80. The second kappa shape index (κ2) is 15.6. The van der Waals surface area contributed by atoms with Crippen molar-refractivity contribution in [1.82, 2.24) is 10.2 Å². The third kappa shape index (κ3) is 10.4. The highest BCUT2D eigenvalue weighted by Gasteiger charge is 2.45. The van der Waals surface area contributed by atoms with E-state index in [2.05, 4.69) is 17.5 Å². The third-order valence-corrected chi connectivity index (χ3v) is 5.72. The number of amides is 2. The number of cyclic esters (lactones) is 2. The Morgan fingerprint density at radius 1 is 0.781 bits per heavy atom. The molecular weight excluding hydrogens is 412 g/mol. The molecular formula is C24H38N2O6+. The van der Waals surface area contributed by atoms with E-state index >= 15 is 0 Å². The summed E-state index contributed by atoms with van der Waals surface area (Å²) >= 11 is 0. The number of allylic oxidation sites excluding steroid dienone is 2. The fourth-order valence-corrected chi connectivity index (χ4v) is 3.89. The van der Waals surface area contributed by atoms with Crippen LogP contribution in [0.4, 0.5) is 0 Å². The molecule has 8 nitrogen and oxygen atoms in total. The van der Waals surface area contributed by atoms with Crippen molar-refractivity contribution < 1.29 is 28.7 Å². The third-order valence-electron chi connectivity index (χ3n) is 5.72. The van der Waals surface area contributed by atoms with Crippen molar-refractivity contribution in [2.45, 2.75) is 89.5 Å². The first-order valence-electron chi connectivity index (χ1n) is 12.1. The highest BCUT2D eigenvalue weighted by Crippen LogP contribution is 2.18. The average Bonchev–Trinajstić information content (AvgIpc) is 3.27. The Hall–Kier alpha value is -2.22. The molecule has 2 aliphatic heterocycles. The Kier molecular flexibility index (Phi) is 12.7. The van der Waals surface area contributed by atoms with E-state index < -0.39 is 6.04 Å². The van der Waals surface area contributed by atoms with E-state index in [1.54, 1.807) is 4.90 Å². The van der Waals surface area contributed by atoms with Crippen LogP contribution in [0.25, 0.3) is 0 Å². The number of carbonyl (C=O) groups is 4. The van der Waals surface area contributed by atoms with Crippen molar-refractivity contribution in [3.05, 3.63) is 12.2 Å². The Morgan fingerprint density at radius 3 is 2.25 bits per heavy atom. The summed E-state index contributed by atoms with van der Waals surface area (Å²) in [5.74, 6) is -0.587. The zero-order chi connectivity index (χ0) is 23.0. The molecule has 0 aromatic carbocycles. The van der Waals surface area contributed by atoms with Crippen LogP contribution >= 0.6 is 0 Å². The molecule has 2 rings (SSSR count). The second-order valence-electron chi connectivity index (χ2n) is 8.40. The largest absolute Gasteiger partial charge is 0.466 e. The van der Waals surface area contributed by atoms with Crippen LogP contribution in [-0.2, 0) is 28.7 Å². The molecule has 32 heavy (non-hydrogen) atoms. The fraction of sp³-hybridized carbons (Fsp3) is 0.750. The molecule has 2 amide bonds. The second-order valence-corrected chi connectivity index (χ2v) is 8.40. The number of rotatable bonds is 0. The van der Waals surface area contributed by atoms with Crippen molar-refractivity contribution >= 4 is 23.8 Å². The minimum Gasteiger partial charge on any atom is -0.466 e. The van der Waals surface area contributed by atoms with Gasteiger partial charge in [-0.3, -0.25) is 9.59 Å². The topological polar surface area (TPSA) is 105 Å². The molecule has 1 atom stereocenters. The minimum absolute atomic E-state index is 0.0369. The molecule has 1 unspecified atom stereocenters. The molecule has 8 heteroatoms. The Bertz CT molecular complexity index is 648. The number of hydrogen-bond acceptors (Lipinski definition) is 6. The summed E-state index contributed by atoms with van der Waals surface area (Å²) < 4.78 is 10.6. The number of carbonyl (C=O) groups excluding carboxylic acids is 4. The molecule has 1 radical (unpaired) electrons. The van der Waals surface area contributed by atoms with E-state index in [-0.39, 0.29) is 23.8 Å². The van der Waals surface area contributed by atoms with Crippen LogP contribution in [0.1, 0.15) is 83.5 Å². The first-order valence-corrected chi connectivity index (χ1v) is 12.1. The SMILES string of the molecule is O=C1CCCCC(=O)[N+]2CCCC2C(=O)OCCCC=CCCCOC(=O)CCCCN1. The first kappa shape index (κ1) is 26.0. The highest BCUT2D eigenvalue weighted by atomic mass is 16.5. The summed E-state index contributed by atoms with van der Waals surface area (Å²) in [6, 6.07) is -0.474. The smallest absolute Gasteiger partial charge is 0.370 e. The maximum absolute atomic E-state index is 12.6. The lowest BCUT2D eigenvalue weighted by atomic mass is 10.1. The average molecular weight is 451 g/mol. The molecule has 2 heterocycles. The summed E-state index contributed by atoms with van der Waals surface area (Å²) in [5.41, 5.74) is 0. The van der Waals surface area contributed by atoms with E-state index in [0.717, 1.165) is 38.5 Å². The van der Waals surface area contributed by atoms with Gasteiger partial charge in [-0.15, -0.1) is 0 Å². The van der Waals surface area contributed by atoms with Gasteiger partial charge in [0.05, 0.1) is 19.6 Å². The van der Waals surface area contributed by atoms with Crippen LogP contribution in [0.15, 0.2) is 12.2 Å². The Morgan fingerprint density at radius 2 is 1.47 bits per heavy atom. The molecule has 1 saturated heterocycles. The van der Waals surface area contributed by atoms with Gasteiger partial charge in [0, 0.05) is 32.2 Å². The molecule has 0 aromatic rings. The van der Waals surface area contributed by atoms with Crippen LogP contribution < -0.4 is 10.2 Å². The van der Waals surface area contributed by atoms with Crippen molar-refractivity contribution in [3.8, 4) is 0 Å². The summed E-state index contributed by atoms with van der Waals surface area (Å²) in [4.78, 5) is 50.3. The predicted octanol–water partition coefficient (Wildman–Crippen LogP) is 2.88. The van der Waals surface area contributed by atoms with Gasteiger partial charge in [-0.05, 0) is 51.4 Å². The number of fused-ring (bicyclic) bond motifs is 1. The van der Waals surface area contributed by atoms with Crippen molar-refractivity contribution in [3.63, 3.8) is 0 Å². The fourth-order valence-electron chi connectivity index (χ4n) is 3.89. The first-order chi connectivity index (χ1) is 15.6. The van der Waals surface area contributed by atoms with Crippen molar-refractivity contribution in [2.75, 3.05) is 26.3 Å². The van der Waals surface area contributed by atoms with Gasteiger partial charge in [0.2, 0.25) is 11.9 Å². The van der Waals surface area contributed by atoms with E-state index in [9.17, 15) is 19.2 Å². The van der Waals surface area contributed by atoms with Gasteiger partial charge in [0.15, 0.2) is 0 Å². The van der Waals surface area contributed by atoms with Gasteiger partial charge in [-0.2, -0.15) is 0 Å². The zero-order valence-corrected chi connectivity index (χ0v) is 19.1. The maximum Gasteiger partial charge on any atom is 0.370 e. The molecule has 0 aromatic heterocycles. The monoisotopic (exact) mass is 450 g/mol. The van der Waals surface area contributed by atoms with Gasteiger partial charge < -0.3 is 14.8 Å². The lowest BCUT2D eigenvalue weighted by Crippen LogP contribution is -2.46. The molecule has 1 N–H and O–H groups in total. The zero-order valence-electron chi connectivity index (χ0n) is 19.1. The standard InChI is InChI=1S/C24H38N2O6/c27-21-13-5-6-14-22(28)26-17-11-12-20(26)24(30)32-19-10-4-2-1-3-9-18-31-23(29)15-7-8-16-25-21/h1-2,20H,3-19H2,(H,25,27)/q+1. The van der Waals surface area contributed by atoms with E-state index in [0.29, 0.717) is 71.2 Å². The molecule has 0 aliphatic carbocycles. The van der Waals surface area contributed by atoms with Crippen molar-refractivity contribution in [2.24, 2.45) is 0 Å². The van der Waals surface area contributed by atoms with Gasteiger partial charge in [-0.1, -0.05) is 17.1 Å². The summed E-state index contributed by atoms with van der Waals surface area (Å²) in [6.45, 7) is 1.88. The highest BCUT2D eigenvalue weighted by molar-refractivity contribution is 5.87. The normalized spacial score (nSPS) is 25.1. The van der Waals surface area contributed by atoms with Crippen LogP contribution in [0.2, 0.25) is 0 Å². The molecule has 1 fully saturated rings. The summed E-state index contributed by atoms with van der Waals surface area (Å²) in [6.07, 6.45) is 12.5. The Labute approximate surface area is 191 Å². The summed E-state index contributed by atoms with van der Waals surface area (Å²) in [5, 5.41) is 2.85. The van der Waals surface area contributed by atoms with E-state index in [1.165, 1.54) is 0 Å². The molecule has 2 aliphatic rings. The van der Waals surface area contributed by atoms with Crippen LogP contribution in [0.3, 0.4) is 0 Å². The minimum atomic E-state index is -0.474. The number of hydrogen-bond donors (Lipinski definition) is 1. The number of esters is 2. The predicted molar refractivity (Wildman–Crippen MR) is 120 cm³/mol. The van der Waals surface area contributed by atoms with E-state index in [4.69, 9.17) is 9.47 Å². The van der Waals surface area contributed by atoms with Gasteiger partial charge in [-0.25, -0.2) is 9.59 Å².